The zero-order chi connectivity index (χ0) is 6.83. The summed E-state index contributed by atoms with van der Waals surface area (Å²) >= 11 is 1.18. The molecule has 0 fully saturated rings. The number of nitrogens with one attached hydrogen (secondary N) is 1. The van der Waals surface area contributed by atoms with E-state index in [-0.39, 0.29) is 0 Å². The van der Waals surface area contributed by atoms with Gasteiger partial charge in [-0.25, -0.2) is 0 Å². The second-order valence-electron chi connectivity index (χ2n) is 0.728. The zero-order valence-electron chi connectivity index (χ0n) is 5.64. The van der Waals surface area contributed by atoms with Gasteiger partial charge in [-0.1, -0.05) is 25.8 Å². The number of hydrogen-bond acceptors (Lipinski definition) is 3. The maximum atomic E-state index is 5.00. The number of nitrogens with two attached hydrogens (primary N) is 1. The highest BCUT2D eigenvalue weighted by Gasteiger charge is 1.56. The summed E-state index contributed by atoms with van der Waals surface area (Å²) in [4.78, 5) is 0. The number of hydrogen-bond donors (Lipinski definition) is 2. The van der Waals surface area contributed by atoms with Crippen LogP contribution in [0.3, 0.4) is 0 Å². The zero-order valence-corrected chi connectivity index (χ0v) is 6.46. The fraction of sp³-hybridized carbons (Fsp3) is 0.600. The molecule has 0 bridgehead atoms. The van der Waals surface area contributed by atoms with E-state index in [1.807, 2.05) is 20.9 Å². The van der Waals surface area contributed by atoms with Crippen molar-refractivity contribution in [1.82, 2.24) is 5.32 Å². The molecule has 3 heteroatoms. The Morgan fingerprint density at radius 1 is 1.50 bits per heavy atom. The van der Waals surface area contributed by atoms with E-state index < -0.39 is 0 Å². The fourth-order valence-corrected chi connectivity index (χ4v) is 0.322. The van der Waals surface area contributed by atoms with Crippen molar-refractivity contribution in [2.24, 2.45) is 5.14 Å². The SMILES string of the molecule is CC.CN/C=C\SN. The van der Waals surface area contributed by atoms with Crippen LogP contribution in [0.15, 0.2) is 11.6 Å². The van der Waals surface area contributed by atoms with Gasteiger partial charge in [0.15, 0.2) is 0 Å². The van der Waals surface area contributed by atoms with Crippen LogP contribution < -0.4 is 10.5 Å². The van der Waals surface area contributed by atoms with E-state index in [0.29, 0.717) is 0 Å². The average Bonchev–Trinajstić information content (AvgIpc) is 1.88. The molecule has 0 radical (unpaired) electrons. The normalized spacial score (nSPS) is 8.00. The summed E-state index contributed by atoms with van der Waals surface area (Å²) in [6.07, 6.45) is 1.77. The molecule has 0 saturated heterocycles. The molecule has 50 valence electrons. The second-order valence-corrected chi connectivity index (χ2v) is 1.27. The minimum Gasteiger partial charge on any atom is -0.394 e. The van der Waals surface area contributed by atoms with Crippen LogP contribution in [-0.4, -0.2) is 7.05 Å². The second kappa shape index (κ2) is 15.8. The summed E-state index contributed by atoms with van der Waals surface area (Å²) in [5.74, 6) is 0. The van der Waals surface area contributed by atoms with Gasteiger partial charge in [0.05, 0.1) is 0 Å². The standard InChI is InChI=1S/C3H8N2S.C2H6/c1-5-2-3-6-4;1-2/h2-3,5H,4H2,1H3;1-2H3/b3-2-;. The molecule has 0 amide bonds. The highest BCUT2D eigenvalue weighted by atomic mass is 32.2. The summed E-state index contributed by atoms with van der Waals surface area (Å²) in [6.45, 7) is 4.00. The Morgan fingerprint density at radius 3 is 2.12 bits per heavy atom. The Hall–Kier alpha value is -0.150. The van der Waals surface area contributed by atoms with Gasteiger partial charge < -0.3 is 5.32 Å². The Morgan fingerprint density at radius 2 is 2.00 bits per heavy atom. The lowest BCUT2D eigenvalue weighted by molar-refractivity contribution is 1.11. The van der Waals surface area contributed by atoms with E-state index in [2.05, 4.69) is 5.32 Å². The van der Waals surface area contributed by atoms with Gasteiger partial charge in [0.25, 0.3) is 0 Å². The topological polar surface area (TPSA) is 38.0 Å². The van der Waals surface area contributed by atoms with E-state index >= 15 is 0 Å². The van der Waals surface area contributed by atoms with E-state index in [9.17, 15) is 0 Å². The summed E-state index contributed by atoms with van der Waals surface area (Å²) in [6, 6.07) is 0. The molecule has 0 rings (SSSR count). The molecule has 2 nitrogen and oxygen atoms in total. The molecular weight excluding hydrogens is 120 g/mol. The van der Waals surface area contributed by atoms with Gasteiger partial charge >= 0.3 is 0 Å². The van der Waals surface area contributed by atoms with Crippen molar-refractivity contribution < 1.29 is 0 Å². The summed E-state index contributed by atoms with van der Waals surface area (Å²) in [5.41, 5.74) is 0. The molecule has 0 aromatic rings. The monoisotopic (exact) mass is 134 g/mol. The summed E-state index contributed by atoms with van der Waals surface area (Å²) in [7, 11) is 1.83. The van der Waals surface area contributed by atoms with Gasteiger partial charge in [-0.2, -0.15) is 0 Å². The fourth-order valence-electron chi connectivity index (χ4n) is 0.107. The maximum Gasteiger partial charge on any atom is 0.00385 e. The smallest absolute Gasteiger partial charge is 0.00385 e. The lowest BCUT2D eigenvalue weighted by Gasteiger charge is -1.78. The molecule has 0 aromatic heterocycles. The first-order chi connectivity index (χ1) is 3.91. The summed E-state index contributed by atoms with van der Waals surface area (Å²) < 4.78 is 0. The van der Waals surface area contributed by atoms with Crippen molar-refractivity contribution in [3.8, 4) is 0 Å². The Labute approximate surface area is 55.7 Å². The molecule has 0 saturated carbocycles. The van der Waals surface area contributed by atoms with Gasteiger partial charge in [-0.3, -0.25) is 5.14 Å². The molecule has 0 atom stereocenters. The van der Waals surface area contributed by atoms with E-state index in [1.165, 1.54) is 11.9 Å². The van der Waals surface area contributed by atoms with Crippen molar-refractivity contribution >= 4 is 11.9 Å². The van der Waals surface area contributed by atoms with Crippen LogP contribution in [0.25, 0.3) is 0 Å². The third kappa shape index (κ3) is 16.9. The van der Waals surface area contributed by atoms with Crippen molar-refractivity contribution in [1.29, 1.82) is 0 Å². The van der Waals surface area contributed by atoms with Crippen LogP contribution in [0, 0.1) is 0 Å². The van der Waals surface area contributed by atoms with Crippen LogP contribution in [0.2, 0.25) is 0 Å². The molecule has 0 spiro atoms. The minimum absolute atomic E-state index is 1.18. The van der Waals surface area contributed by atoms with Gasteiger partial charge in [0, 0.05) is 18.7 Å². The highest BCUT2D eigenvalue weighted by Crippen LogP contribution is 1.82. The molecule has 3 N–H and O–H groups in total. The van der Waals surface area contributed by atoms with Gasteiger partial charge in [-0.05, 0) is 0 Å². The summed E-state index contributed by atoms with van der Waals surface area (Å²) in [5, 5.41) is 9.56. The van der Waals surface area contributed by atoms with Crippen molar-refractivity contribution in [3.63, 3.8) is 0 Å². The minimum atomic E-state index is 1.18. The maximum absolute atomic E-state index is 5.00. The lowest BCUT2D eigenvalue weighted by Crippen LogP contribution is -1.90. The van der Waals surface area contributed by atoms with Crippen LogP contribution >= 0.6 is 11.9 Å². The Balaban J connectivity index is 0. The highest BCUT2D eigenvalue weighted by molar-refractivity contribution is 7.99. The molecule has 8 heavy (non-hydrogen) atoms. The van der Waals surface area contributed by atoms with Gasteiger partial charge in [0.2, 0.25) is 0 Å². The van der Waals surface area contributed by atoms with Crippen molar-refractivity contribution in [3.05, 3.63) is 11.6 Å². The Bertz CT molecular complexity index is 39.7. The average molecular weight is 134 g/mol. The van der Waals surface area contributed by atoms with Gasteiger partial charge in [-0.15, -0.1) is 0 Å². The quantitative estimate of drug-likeness (QED) is 0.559. The van der Waals surface area contributed by atoms with Crippen LogP contribution in [0.5, 0.6) is 0 Å². The van der Waals surface area contributed by atoms with E-state index in [4.69, 9.17) is 5.14 Å². The van der Waals surface area contributed by atoms with Crippen LogP contribution in [0.4, 0.5) is 0 Å². The predicted octanol–water partition coefficient (Wildman–Crippen LogP) is 1.31. The predicted molar refractivity (Wildman–Crippen MR) is 41.3 cm³/mol. The number of rotatable bonds is 2. The van der Waals surface area contributed by atoms with Crippen molar-refractivity contribution in [2.75, 3.05) is 7.05 Å². The first kappa shape index (κ1) is 10.8. The van der Waals surface area contributed by atoms with E-state index in [0.717, 1.165) is 0 Å². The Kier molecular flexibility index (Phi) is 21.3. The van der Waals surface area contributed by atoms with Crippen LogP contribution in [-0.2, 0) is 0 Å². The van der Waals surface area contributed by atoms with Gasteiger partial charge in [0.1, 0.15) is 0 Å². The molecule has 0 aliphatic rings. The van der Waals surface area contributed by atoms with Crippen LogP contribution in [0.1, 0.15) is 13.8 Å². The first-order valence-electron chi connectivity index (χ1n) is 2.59. The lowest BCUT2D eigenvalue weighted by atomic mass is 11.0. The molecule has 0 heterocycles. The molecule has 0 unspecified atom stereocenters. The molecule has 0 aliphatic carbocycles. The largest absolute Gasteiger partial charge is 0.394 e. The van der Waals surface area contributed by atoms with E-state index in [1.54, 1.807) is 11.6 Å². The molecular formula is C5H14N2S. The first-order valence-corrected chi connectivity index (χ1v) is 3.54. The molecule has 0 aliphatic heterocycles. The third-order valence-electron chi connectivity index (χ3n) is 0.313. The molecule has 0 aromatic carbocycles. The van der Waals surface area contributed by atoms with Crippen molar-refractivity contribution in [2.45, 2.75) is 13.8 Å². The third-order valence-corrected chi connectivity index (χ3v) is 0.606.